The summed E-state index contributed by atoms with van der Waals surface area (Å²) in [5, 5.41) is 13.4. The van der Waals surface area contributed by atoms with Crippen LogP contribution in [0.25, 0.3) is 0 Å². The van der Waals surface area contributed by atoms with Gasteiger partial charge in [-0.3, -0.25) is 4.79 Å². The first-order chi connectivity index (χ1) is 20.3. The van der Waals surface area contributed by atoms with E-state index in [-0.39, 0.29) is 18.1 Å². The van der Waals surface area contributed by atoms with Crippen LogP contribution in [0.5, 0.6) is 11.5 Å². The number of fused-ring (bicyclic) bond motifs is 6. The first-order valence-corrected chi connectivity index (χ1v) is 15.6. The van der Waals surface area contributed by atoms with E-state index in [0.29, 0.717) is 19.5 Å². The Morgan fingerprint density at radius 2 is 1.38 bits per heavy atom. The van der Waals surface area contributed by atoms with Crippen molar-refractivity contribution in [1.82, 2.24) is 10.2 Å². The fourth-order valence-electron chi connectivity index (χ4n) is 6.92. The van der Waals surface area contributed by atoms with Gasteiger partial charge in [0.15, 0.2) is 0 Å². The molecule has 5 rings (SSSR count). The van der Waals surface area contributed by atoms with E-state index in [4.69, 9.17) is 4.74 Å². The lowest BCUT2D eigenvalue weighted by Gasteiger charge is -2.45. The van der Waals surface area contributed by atoms with Crippen LogP contribution in [0.2, 0.25) is 0 Å². The lowest BCUT2D eigenvalue weighted by Crippen LogP contribution is -2.50. The maximum Gasteiger partial charge on any atom is 0.255 e. The van der Waals surface area contributed by atoms with Crippen molar-refractivity contribution in [2.24, 2.45) is 0 Å². The van der Waals surface area contributed by atoms with Gasteiger partial charge >= 0.3 is 0 Å². The molecule has 224 valence electrons. The number of ether oxygens (including phenoxy) is 1. The summed E-state index contributed by atoms with van der Waals surface area (Å²) in [5.41, 5.74) is 5.08. The molecular formula is C35H46N4O3. The zero-order valence-electron chi connectivity index (χ0n) is 26.0. The van der Waals surface area contributed by atoms with Crippen molar-refractivity contribution in [2.75, 3.05) is 49.1 Å². The van der Waals surface area contributed by atoms with Gasteiger partial charge in [-0.25, -0.2) is 0 Å². The molecule has 0 radical (unpaired) electrons. The minimum atomic E-state index is -0.824. The van der Waals surface area contributed by atoms with Crippen molar-refractivity contribution >= 4 is 17.3 Å². The number of carbonyl (C=O) groups excluding carboxylic acids is 1. The highest BCUT2D eigenvalue weighted by atomic mass is 16.5. The summed E-state index contributed by atoms with van der Waals surface area (Å²) in [4.78, 5) is 20.9. The highest BCUT2D eigenvalue weighted by Gasteiger charge is 2.56. The van der Waals surface area contributed by atoms with Crippen molar-refractivity contribution < 1.29 is 14.6 Å². The minimum absolute atomic E-state index is 0.0232. The Balaban J connectivity index is 1.70. The van der Waals surface area contributed by atoms with Crippen LogP contribution in [0.1, 0.15) is 75.0 Å². The molecule has 0 fully saturated rings. The van der Waals surface area contributed by atoms with Crippen LogP contribution in [0.15, 0.2) is 60.7 Å². The highest BCUT2D eigenvalue weighted by Crippen LogP contribution is 2.58. The largest absolute Gasteiger partial charge is 0.456 e. The third-order valence-corrected chi connectivity index (χ3v) is 8.91. The summed E-state index contributed by atoms with van der Waals surface area (Å²) < 4.78 is 6.77. The summed E-state index contributed by atoms with van der Waals surface area (Å²) >= 11 is 0. The second-order valence-corrected chi connectivity index (χ2v) is 11.5. The quantitative estimate of drug-likeness (QED) is 0.279. The van der Waals surface area contributed by atoms with E-state index in [1.165, 1.54) is 0 Å². The second-order valence-electron chi connectivity index (χ2n) is 11.5. The molecule has 0 aromatic heterocycles. The van der Waals surface area contributed by atoms with Crippen LogP contribution in [0.4, 0.5) is 11.4 Å². The van der Waals surface area contributed by atoms with E-state index in [9.17, 15) is 9.90 Å². The van der Waals surface area contributed by atoms with Gasteiger partial charge in [0.1, 0.15) is 17.0 Å². The number of nitrogens with zero attached hydrogens (tertiary/aromatic N) is 3. The van der Waals surface area contributed by atoms with E-state index in [0.717, 1.165) is 71.3 Å². The summed E-state index contributed by atoms with van der Waals surface area (Å²) in [7, 11) is 0. The van der Waals surface area contributed by atoms with E-state index >= 15 is 0 Å². The fraction of sp³-hybridized carbons (Fsp3) is 0.457. The zero-order valence-corrected chi connectivity index (χ0v) is 26.0. The van der Waals surface area contributed by atoms with E-state index < -0.39 is 5.54 Å². The SMILES string of the molecule is CCN(CC)c1ccc2c(c1)Oc1cc(N(CC)CC)ccc1C21c2ccccc2C(=O)N1CCNC(C)CC(C)O. The topological polar surface area (TPSA) is 68.3 Å². The van der Waals surface area contributed by atoms with E-state index in [1.807, 2.05) is 30.0 Å². The van der Waals surface area contributed by atoms with Crippen molar-refractivity contribution in [2.45, 2.75) is 65.6 Å². The molecule has 3 aromatic carbocycles. The Morgan fingerprint density at radius 3 is 1.90 bits per heavy atom. The number of benzene rings is 3. The van der Waals surface area contributed by atoms with Gasteiger partial charge in [-0.1, -0.05) is 30.3 Å². The fourth-order valence-corrected chi connectivity index (χ4v) is 6.92. The van der Waals surface area contributed by atoms with Gasteiger partial charge in [-0.05, 0) is 71.7 Å². The highest BCUT2D eigenvalue weighted by molar-refractivity contribution is 6.02. The molecule has 7 heteroatoms. The van der Waals surface area contributed by atoms with E-state index in [2.05, 4.69) is 92.2 Å². The number of aliphatic hydroxyl groups is 1. The molecule has 3 aromatic rings. The van der Waals surface area contributed by atoms with Gasteiger partial charge in [0.2, 0.25) is 0 Å². The molecule has 0 saturated carbocycles. The number of carbonyl (C=O) groups is 1. The van der Waals surface area contributed by atoms with E-state index in [1.54, 1.807) is 0 Å². The van der Waals surface area contributed by atoms with Crippen LogP contribution in [0, 0.1) is 0 Å². The average molecular weight is 571 g/mol. The Kier molecular flexibility index (Phi) is 8.81. The molecule has 7 nitrogen and oxygen atoms in total. The van der Waals surface area contributed by atoms with Gasteiger partial charge in [0.05, 0.1) is 6.10 Å². The number of nitrogens with one attached hydrogen (secondary N) is 1. The molecule has 42 heavy (non-hydrogen) atoms. The molecule has 2 N–H and O–H groups in total. The molecule has 0 bridgehead atoms. The maximum atomic E-state index is 14.3. The number of anilines is 2. The van der Waals surface area contributed by atoms with Gasteiger partial charge in [0, 0.05) is 85.5 Å². The number of rotatable bonds is 12. The zero-order chi connectivity index (χ0) is 30.0. The predicted octanol–water partition coefficient (Wildman–Crippen LogP) is 5.98. The number of hydrogen-bond donors (Lipinski definition) is 2. The Bertz CT molecular complexity index is 1350. The van der Waals surface area contributed by atoms with Crippen LogP contribution in [-0.2, 0) is 5.54 Å². The van der Waals surface area contributed by atoms with Gasteiger partial charge < -0.3 is 29.9 Å². The van der Waals surface area contributed by atoms with Gasteiger partial charge in [0.25, 0.3) is 5.91 Å². The molecule has 2 aliphatic rings. The van der Waals surface area contributed by atoms with Crippen LogP contribution in [0.3, 0.4) is 0 Å². The third-order valence-electron chi connectivity index (χ3n) is 8.91. The molecule has 1 amide bonds. The molecule has 0 aliphatic carbocycles. The molecule has 0 saturated heterocycles. The summed E-state index contributed by atoms with van der Waals surface area (Å²) in [6.07, 6.45) is 0.270. The van der Waals surface area contributed by atoms with Crippen LogP contribution in [-0.4, -0.2) is 67.3 Å². The second kappa shape index (κ2) is 12.4. The molecule has 2 aliphatic heterocycles. The van der Waals surface area contributed by atoms with Crippen molar-refractivity contribution in [3.05, 3.63) is 82.9 Å². The average Bonchev–Trinajstić information content (AvgIpc) is 3.22. The minimum Gasteiger partial charge on any atom is -0.456 e. The number of hydrogen-bond acceptors (Lipinski definition) is 6. The summed E-state index contributed by atoms with van der Waals surface area (Å²) in [5.74, 6) is 1.59. The van der Waals surface area contributed by atoms with Gasteiger partial charge in [-0.2, -0.15) is 0 Å². The monoisotopic (exact) mass is 570 g/mol. The molecule has 1 spiro atoms. The van der Waals surface area contributed by atoms with Crippen molar-refractivity contribution in [3.63, 3.8) is 0 Å². The Labute approximate surface area is 251 Å². The number of aliphatic hydroxyl groups excluding tert-OH is 1. The lowest BCUT2D eigenvalue weighted by atomic mass is 9.74. The first kappa shape index (κ1) is 29.9. The van der Waals surface area contributed by atoms with Crippen LogP contribution >= 0.6 is 0 Å². The number of amides is 1. The molecule has 2 heterocycles. The normalized spacial score (nSPS) is 16.0. The smallest absolute Gasteiger partial charge is 0.255 e. The van der Waals surface area contributed by atoms with Gasteiger partial charge in [-0.15, -0.1) is 0 Å². The Hall–Kier alpha value is -3.55. The predicted molar refractivity (Wildman–Crippen MR) is 171 cm³/mol. The van der Waals surface area contributed by atoms with Crippen molar-refractivity contribution in [3.8, 4) is 11.5 Å². The lowest BCUT2D eigenvalue weighted by molar-refractivity contribution is 0.0664. The first-order valence-electron chi connectivity index (χ1n) is 15.6. The van der Waals surface area contributed by atoms with Crippen LogP contribution < -0.4 is 19.9 Å². The molecule has 2 atom stereocenters. The van der Waals surface area contributed by atoms with Crippen molar-refractivity contribution in [1.29, 1.82) is 0 Å². The molecule has 2 unspecified atom stereocenters. The third kappa shape index (κ3) is 5.03. The Morgan fingerprint density at radius 1 is 0.833 bits per heavy atom. The maximum absolute atomic E-state index is 14.3. The summed E-state index contributed by atoms with van der Waals surface area (Å²) in [6.45, 7) is 17.2. The standard InChI is InChI=1S/C35H46N4O3/c1-7-37(8-2)26-15-17-30-32(22-26)42-33-23-27(38(9-3)10-4)16-18-31(33)35(30)29-14-12-11-13-28(29)34(41)39(35)20-19-36-24(5)21-25(6)40/h11-18,22-25,36,40H,7-10,19-21H2,1-6H3. The molecular weight excluding hydrogens is 524 g/mol. The summed E-state index contributed by atoms with van der Waals surface area (Å²) in [6, 6.07) is 21.1.